The second kappa shape index (κ2) is 5.49. The molecule has 0 radical (unpaired) electrons. The molecule has 100 valence electrons. The van der Waals surface area contributed by atoms with Gasteiger partial charge in [-0.05, 0) is 37.6 Å². The SMILES string of the molecule is Clc1ccc(-c2noc([C@@H]3CCCNC3)n2)cc1Cl. The molecule has 1 saturated heterocycles. The number of nitrogens with zero attached hydrogens (tertiary/aromatic N) is 2. The van der Waals surface area contributed by atoms with E-state index < -0.39 is 0 Å². The van der Waals surface area contributed by atoms with Crippen LogP contribution in [-0.4, -0.2) is 23.2 Å². The lowest BCUT2D eigenvalue weighted by molar-refractivity contribution is 0.322. The Hall–Kier alpha value is -1.10. The van der Waals surface area contributed by atoms with Crippen molar-refractivity contribution >= 4 is 23.2 Å². The molecule has 0 amide bonds. The standard InChI is InChI=1S/C13H13Cl2N3O/c14-10-4-3-8(6-11(10)15)12-17-13(19-18-12)9-2-1-5-16-7-9/h3-4,6,9,16H,1-2,5,7H2/t9-/m1/s1. The van der Waals surface area contributed by atoms with Crippen LogP contribution >= 0.6 is 23.2 Å². The number of rotatable bonds is 2. The van der Waals surface area contributed by atoms with Crippen LogP contribution < -0.4 is 5.32 Å². The van der Waals surface area contributed by atoms with Crippen molar-refractivity contribution in [1.82, 2.24) is 15.5 Å². The maximum atomic E-state index is 5.99. The van der Waals surface area contributed by atoms with E-state index in [1.807, 2.05) is 6.07 Å². The molecule has 2 aromatic rings. The highest BCUT2D eigenvalue weighted by Crippen LogP contribution is 2.28. The minimum absolute atomic E-state index is 0.303. The van der Waals surface area contributed by atoms with Gasteiger partial charge in [-0.25, -0.2) is 0 Å². The third-order valence-corrected chi connectivity index (χ3v) is 4.00. The van der Waals surface area contributed by atoms with Crippen molar-refractivity contribution in [3.8, 4) is 11.4 Å². The van der Waals surface area contributed by atoms with Gasteiger partial charge >= 0.3 is 0 Å². The number of benzene rings is 1. The van der Waals surface area contributed by atoms with Crippen LogP contribution in [0.5, 0.6) is 0 Å². The minimum Gasteiger partial charge on any atom is -0.339 e. The summed E-state index contributed by atoms with van der Waals surface area (Å²) < 4.78 is 5.35. The minimum atomic E-state index is 0.303. The van der Waals surface area contributed by atoms with E-state index in [9.17, 15) is 0 Å². The van der Waals surface area contributed by atoms with Gasteiger partial charge in [0.05, 0.1) is 16.0 Å². The van der Waals surface area contributed by atoms with Crippen LogP contribution in [0, 0.1) is 0 Å². The average Bonchev–Trinajstić information content (AvgIpc) is 2.93. The quantitative estimate of drug-likeness (QED) is 0.921. The Kier molecular flexibility index (Phi) is 3.73. The van der Waals surface area contributed by atoms with E-state index in [2.05, 4.69) is 15.5 Å². The largest absolute Gasteiger partial charge is 0.339 e. The Morgan fingerprint density at radius 1 is 1.26 bits per heavy atom. The first kappa shape index (κ1) is 12.9. The van der Waals surface area contributed by atoms with E-state index in [-0.39, 0.29) is 0 Å². The number of halogens is 2. The molecular formula is C13H13Cl2N3O. The molecule has 1 aromatic heterocycles. The lowest BCUT2D eigenvalue weighted by Crippen LogP contribution is -2.28. The number of piperidine rings is 1. The fraction of sp³-hybridized carbons (Fsp3) is 0.385. The van der Waals surface area contributed by atoms with E-state index in [0.29, 0.717) is 27.7 Å². The van der Waals surface area contributed by atoms with Crippen LogP contribution in [0.25, 0.3) is 11.4 Å². The second-order valence-electron chi connectivity index (χ2n) is 4.63. The van der Waals surface area contributed by atoms with E-state index in [0.717, 1.165) is 31.5 Å². The van der Waals surface area contributed by atoms with E-state index in [1.54, 1.807) is 12.1 Å². The summed E-state index contributed by atoms with van der Waals surface area (Å²) in [6.07, 6.45) is 2.21. The molecule has 1 aliphatic heterocycles. The summed E-state index contributed by atoms with van der Waals surface area (Å²) in [4.78, 5) is 4.46. The topological polar surface area (TPSA) is 51.0 Å². The number of hydrogen-bond acceptors (Lipinski definition) is 4. The fourth-order valence-corrected chi connectivity index (χ4v) is 2.51. The van der Waals surface area contributed by atoms with E-state index in [1.165, 1.54) is 0 Å². The molecule has 1 aliphatic rings. The molecule has 6 heteroatoms. The molecule has 0 aliphatic carbocycles. The summed E-state index contributed by atoms with van der Waals surface area (Å²) in [5, 5.41) is 8.36. The molecule has 1 atom stereocenters. The lowest BCUT2D eigenvalue weighted by atomic mass is 10.00. The van der Waals surface area contributed by atoms with Crippen molar-refractivity contribution in [2.45, 2.75) is 18.8 Å². The van der Waals surface area contributed by atoms with Crippen LogP contribution in [0.1, 0.15) is 24.7 Å². The van der Waals surface area contributed by atoms with Gasteiger partial charge < -0.3 is 9.84 Å². The van der Waals surface area contributed by atoms with Gasteiger partial charge in [-0.3, -0.25) is 0 Å². The third-order valence-electron chi connectivity index (χ3n) is 3.27. The predicted molar refractivity (Wildman–Crippen MR) is 74.6 cm³/mol. The van der Waals surface area contributed by atoms with Crippen LogP contribution in [0.2, 0.25) is 10.0 Å². The summed E-state index contributed by atoms with van der Waals surface area (Å²) in [5.74, 6) is 1.55. The Bertz CT molecular complexity index is 579. The second-order valence-corrected chi connectivity index (χ2v) is 5.44. The fourth-order valence-electron chi connectivity index (χ4n) is 2.22. The first-order valence-electron chi connectivity index (χ1n) is 6.24. The van der Waals surface area contributed by atoms with Crippen LogP contribution in [0.3, 0.4) is 0 Å². The maximum absolute atomic E-state index is 5.99. The van der Waals surface area contributed by atoms with Crippen LogP contribution in [-0.2, 0) is 0 Å². The first-order chi connectivity index (χ1) is 9.24. The van der Waals surface area contributed by atoms with E-state index in [4.69, 9.17) is 27.7 Å². The molecule has 0 bridgehead atoms. The first-order valence-corrected chi connectivity index (χ1v) is 6.99. The van der Waals surface area contributed by atoms with Crippen molar-refractivity contribution in [2.75, 3.05) is 13.1 Å². The van der Waals surface area contributed by atoms with Crippen molar-refractivity contribution in [2.24, 2.45) is 0 Å². The highest BCUT2D eigenvalue weighted by Gasteiger charge is 2.21. The summed E-state index contributed by atoms with van der Waals surface area (Å²) in [6, 6.07) is 5.32. The molecule has 0 spiro atoms. The van der Waals surface area contributed by atoms with Gasteiger partial charge in [0.25, 0.3) is 0 Å². The zero-order valence-electron chi connectivity index (χ0n) is 10.2. The molecule has 0 saturated carbocycles. The summed E-state index contributed by atoms with van der Waals surface area (Å²) in [6.45, 7) is 1.95. The maximum Gasteiger partial charge on any atom is 0.231 e. The summed E-state index contributed by atoms with van der Waals surface area (Å²) >= 11 is 11.9. The van der Waals surface area contributed by atoms with Gasteiger partial charge in [-0.1, -0.05) is 28.4 Å². The van der Waals surface area contributed by atoms with Gasteiger partial charge in [0.15, 0.2) is 0 Å². The van der Waals surface area contributed by atoms with Gasteiger partial charge in [0.2, 0.25) is 11.7 Å². The van der Waals surface area contributed by atoms with Gasteiger partial charge in [0, 0.05) is 12.1 Å². The van der Waals surface area contributed by atoms with Crippen molar-refractivity contribution in [3.05, 3.63) is 34.1 Å². The molecule has 0 unspecified atom stereocenters. The summed E-state index contributed by atoms with van der Waals surface area (Å²) in [5.41, 5.74) is 0.813. The molecule has 19 heavy (non-hydrogen) atoms. The Labute approximate surface area is 121 Å². The van der Waals surface area contributed by atoms with Gasteiger partial charge in [-0.2, -0.15) is 4.98 Å². The highest BCUT2D eigenvalue weighted by molar-refractivity contribution is 6.42. The predicted octanol–water partition coefficient (Wildman–Crippen LogP) is 3.51. The monoisotopic (exact) mass is 297 g/mol. The Morgan fingerprint density at radius 2 is 2.16 bits per heavy atom. The zero-order valence-corrected chi connectivity index (χ0v) is 11.7. The molecule has 2 heterocycles. The van der Waals surface area contributed by atoms with Crippen molar-refractivity contribution < 1.29 is 4.52 Å². The molecular weight excluding hydrogens is 285 g/mol. The van der Waals surface area contributed by atoms with Crippen molar-refractivity contribution in [1.29, 1.82) is 0 Å². The third kappa shape index (κ3) is 2.76. The number of aromatic nitrogens is 2. The Balaban J connectivity index is 1.85. The lowest BCUT2D eigenvalue weighted by Gasteiger charge is -2.18. The Morgan fingerprint density at radius 3 is 2.89 bits per heavy atom. The van der Waals surface area contributed by atoms with Crippen LogP contribution in [0.15, 0.2) is 22.7 Å². The van der Waals surface area contributed by atoms with Gasteiger partial charge in [-0.15, -0.1) is 0 Å². The van der Waals surface area contributed by atoms with Crippen molar-refractivity contribution in [3.63, 3.8) is 0 Å². The molecule has 4 nitrogen and oxygen atoms in total. The zero-order chi connectivity index (χ0) is 13.2. The molecule has 1 fully saturated rings. The average molecular weight is 298 g/mol. The number of hydrogen-bond donors (Lipinski definition) is 1. The van der Waals surface area contributed by atoms with E-state index >= 15 is 0 Å². The molecule has 3 rings (SSSR count). The smallest absolute Gasteiger partial charge is 0.231 e. The van der Waals surface area contributed by atoms with Crippen LogP contribution in [0.4, 0.5) is 0 Å². The molecule has 1 aromatic carbocycles. The normalized spacial score (nSPS) is 19.6. The highest BCUT2D eigenvalue weighted by atomic mass is 35.5. The number of nitrogens with one attached hydrogen (secondary N) is 1. The molecule has 1 N–H and O–H groups in total. The summed E-state index contributed by atoms with van der Waals surface area (Å²) in [7, 11) is 0. The van der Waals surface area contributed by atoms with Gasteiger partial charge in [0.1, 0.15) is 0 Å².